The third-order valence-corrected chi connectivity index (χ3v) is 3.33. The fourth-order valence-electron chi connectivity index (χ4n) is 2.21. The average Bonchev–Trinajstić information content (AvgIpc) is 2.55. The Morgan fingerprint density at radius 2 is 1.64 bits per heavy atom. The smallest absolute Gasteiger partial charge is 0.339 e. The second-order valence-electron chi connectivity index (χ2n) is 4.81. The molecule has 0 aliphatic heterocycles. The molecule has 0 fully saturated rings. The highest BCUT2D eigenvalue weighted by atomic mass is 16.5. The summed E-state index contributed by atoms with van der Waals surface area (Å²) in [5.41, 5.74) is 3.50. The Morgan fingerprint density at radius 3 is 2.36 bits per heavy atom. The highest BCUT2D eigenvalue weighted by molar-refractivity contribution is 5.96. The molecule has 0 spiro atoms. The Labute approximate surface area is 128 Å². The van der Waals surface area contributed by atoms with Gasteiger partial charge in [-0.25, -0.2) is 14.8 Å². The number of anilines is 2. The second kappa shape index (κ2) is 5.81. The fourth-order valence-corrected chi connectivity index (χ4v) is 2.21. The van der Waals surface area contributed by atoms with E-state index in [2.05, 4.69) is 15.3 Å². The van der Waals surface area contributed by atoms with Crippen molar-refractivity contribution in [1.82, 2.24) is 9.97 Å². The summed E-state index contributed by atoms with van der Waals surface area (Å²) in [5.74, 6) is 0.226. The van der Waals surface area contributed by atoms with Crippen LogP contribution >= 0.6 is 0 Å². The van der Waals surface area contributed by atoms with Crippen LogP contribution in [-0.2, 0) is 4.74 Å². The van der Waals surface area contributed by atoms with Gasteiger partial charge in [0.25, 0.3) is 0 Å². The van der Waals surface area contributed by atoms with Crippen molar-refractivity contribution in [3.63, 3.8) is 0 Å². The molecule has 22 heavy (non-hydrogen) atoms. The number of esters is 1. The van der Waals surface area contributed by atoms with Gasteiger partial charge >= 0.3 is 5.97 Å². The van der Waals surface area contributed by atoms with E-state index in [-0.39, 0.29) is 0 Å². The van der Waals surface area contributed by atoms with Crippen LogP contribution in [0.4, 0.5) is 11.5 Å². The number of carbonyl (C=O) groups excluding carboxylic acids is 1. The first-order chi connectivity index (χ1) is 10.7. The number of rotatable bonds is 3. The lowest BCUT2D eigenvalue weighted by atomic mass is 10.1. The Morgan fingerprint density at radius 1 is 1.00 bits per heavy atom. The molecule has 0 bridgehead atoms. The molecule has 0 aliphatic rings. The van der Waals surface area contributed by atoms with Crippen molar-refractivity contribution in [2.24, 2.45) is 0 Å². The van der Waals surface area contributed by atoms with Gasteiger partial charge in [-0.1, -0.05) is 24.3 Å². The zero-order valence-electron chi connectivity index (χ0n) is 12.3. The molecule has 0 aliphatic carbocycles. The Hall–Kier alpha value is -2.95. The van der Waals surface area contributed by atoms with Crippen LogP contribution in [0, 0.1) is 6.92 Å². The molecule has 1 aromatic heterocycles. The minimum absolute atomic E-state index is 0.394. The highest BCUT2D eigenvalue weighted by Gasteiger charge is 2.13. The molecular weight excluding hydrogens is 278 g/mol. The van der Waals surface area contributed by atoms with Crippen LogP contribution in [0.25, 0.3) is 11.0 Å². The maximum absolute atomic E-state index is 11.8. The van der Waals surface area contributed by atoms with E-state index < -0.39 is 5.97 Å². The van der Waals surface area contributed by atoms with E-state index in [4.69, 9.17) is 4.74 Å². The summed E-state index contributed by atoms with van der Waals surface area (Å²) < 4.78 is 4.80. The highest BCUT2D eigenvalue weighted by Crippen LogP contribution is 2.23. The van der Waals surface area contributed by atoms with Gasteiger partial charge in [-0.15, -0.1) is 0 Å². The van der Waals surface area contributed by atoms with Crippen LogP contribution in [0.15, 0.2) is 48.5 Å². The maximum atomic E-state index is 11.8. The van der Waals surface area contributed by atoms with Crippen LogP contribution in [-0.4, -0.2) is 23.0 Å². The van der Waals surface area contributed by atoms with E-state index >= 15 is 0 Å². The van der Waals surface area contributed by atoms with Gasteiger partial charge in [0.15, 0.2) is 5.82 Å². The van der Waals surface area contributed by atoms with Crippen LogP contribution in [0.2, 0.25) is 0 Å². The normalized spacial score (nSPS) is 10.5. The molecular formula is C17H15N3O2. The number of methoxy groups -OCH3 is 1. The second-order valence-corrected chi connectivity index (χ2v) is 4.81. The summed E-state index contributed by atoms with van der Waals surface area (Å²) in [6, 6.07) is 14.8. The Balaban J connectivity index is 2.03. The first-order valence-corrected chi connectivity index (χ1v) is 6.87. The molecule has 5 nitrogen and oxygen atoms in total. The van der Waals surface area contributed by atoms with Gasteiger partial charge in [-0.3, -0.25) is 0 Å². The number of fused-ring (bicyclic) bond motifs is 1. The number of aryl methyl sites for hydroxylation is 1. The minimum atomic E-state index is -0.394. The van der Waals surface area contributed by atoms with Crippen molar-refractivity contribution in [1.29, 1.82) is 0 Å². The van der Waals surface area contributed by atoms with Gasteiger partial charge in [0.05, 0.1) is 35.1 Å². The SMILES string of the molecule is COC(=O)c1ccccc1Nc1nc2ccccc2nc1C. The number of aromatic nitrogens is 2. The summed E-state index contributed by atoms with van der Waals surface area (Å²) in [7, 11) is 1.36. The summed E-state index contributed by atoms with van der Waals surface area (Å²) in [6.07, 6.45) is 0. The predicted octanol–water partition coefficient (Wildman–Crippen LogP) is 3.47. The monoisotopic (exact) mass is 293 g/mol. The summed E-state index contributed by atoms with van der Waals surface area (Å²) in [6.45, 7) is 1.88. The molecule has 5 heteroatoms. The number of nitrogens with one attached hydrogen (secondary N) is 1. The average molecular weight is 293 g/mol. The summed E-state index contributed by atoms with van der Waals surface area (Å²) in [5, 5.41) is 3.17. The number of nitrogens with zero attached hydrogens (tertiary/aromatic N) is 2. The van der Waals surface area contributed by atoms with Gasteiger partial charge in [-0.05, 0) is 31.2 Å². The molecule has 1 N–H and O–H groups in total. The standard InChI is InChI=1S/C17H15N3O2/c1-11-16(20-15-10-6-5-9-14(15)18-11)19-13-8-4-3-7-12(13)17(21)22-2/h3-10H,1-2H3,(H,19,20). The predicted molar refractivity (Wildman–Crippen MR) is 85.3 cm³/mol. The van der Waals surface area contributed by atoms with E-state index in [0.717, 1.165) is 16.7 Å². The first-order valence-electron chi connectivity index (χ1n) is 6.87. The number of hydrogen-bond acceptors (Lipinski definition) is 5. The van der Waals surface area contributed by atoms with E-state index in [0.29, 0.717) is 17.1 Å². The molecule has 3 aromatic rings. The topological polar surface area (TPSA) is 64.1 Å². The number of benzene rings is 2. The van der Waals surface area contributed by atoms with Gasteiger partial charge in [0.1, 0.15) is 0 Å². The third-order valence-electron chi connectivity index (χ3n) is 3.33. The lowest BCUT2D eigenvalue weighted by molar-refractivity contribution is 0.0602. The van der Waals surface area contributed by atoms with Crippen molar-refractivity contribution in [3.8, 4) is 0 Å². The van der Waals surface area contributed by atoms with E-state index in [9.17, 15) is 4.79 Å². The molecule has 2 aromatic carbocycles. The van der Waals surface area contributed by atoms with Gasteiger partial charge in [0, 0.05) is 0 Å². The van der Waals surface area contributed by atoms with Gasteiger partial charge < -0.3 is 10.1 Å². The molecule has 0 saturated carbocycles. The number of carbonyl (C=O) groups is 1. The molecule has 0 unspecified atom stereocenters. The van der Waals surface area contributed by atoms with E-state index in [1.807, 2.05) is 43.3 Å². The van der Waals surface area contributed by atoms with Gasteiger partial charge in [-0.2, -0.15) is 0 Å². The number of ether oxygens (including phenoxy) is 1. The molecule has 0 radical (unpaired) electrons. The fraction of sp³-hybridized carbons (Fsp3) is 0.118. The largest absolute Gasteiger partial charge is 0.465 e. The van der Waals surface area contributed by atoms with E-state index in [1.165, 1.54) is 7.11 Å². The quantitative estimate of drug-likeness (QED) is 0.749. The molecule has 1 heterocycles. The molecule has 3 rings (SSSR count). The van der Waals surface area contributed by atoms with Crippen LogP contribution in [0.1, 0.15) is 16.1 Å². The van der Waals surface area contributed by atoms with Crippen LogP contribution in [0.3, 0.4) is 0 Å². The van der Waals surface area contributed by atoms with Crippen molar-refractivity contribution >= 4 is 28.5 Å². The van der Waals surface area contributed by atoms with Crippen molar-refractivity contribution in [2.45, 2.75) is 6.92 Å². The summed E-state index contributed by atoms with van der Waals surface area (Å²) >= 11 is 0. The zero-order valence-corrected chi connectivity index (χ0v) is 12.3. The van der Waals surface area contributed by atoms with Crippen molar-refractivity contribution in [3.05, 3.63) is 59.8 Å². The summed E-state index contributed by atoms with van der Waals surface area (Å²) in [4.78, 5) is 20.9. The lowest BCUT2D eigenvalue weighted by Gasteiger charge is -2.12. The third kappa shape index (κ3) is 2.61. The Kier molecular flexibility index (Phi) is 3.70. The zero-order chi connectivity index (χ0) is 15.5. The first kappa shape index (κ1) is 14.0. The number of para-hydroxylation sites is 3. The molecule has 0 atom stereocenters. The molecule has 0 amide bonds. The maximum Gasteiger partial charge on any atom is 0.339 e. The van der Waals surface area contributed by atoms with Gasteiger partial charge in [0.2, 0.25) is 0 Å². The minimum Gasteiger partial charge on any atom is -0.465 e. The van der Waals surface area contributed by atoms with Crippen LogP contribution in [0.5, 0.6) is 0 Å². The van der Waals surface area contributed by atoms with Crippen molar-refractivity contribution in [2.75, 3.05) is 12.4 Å². The molecule has 110 valence electrons. The van der Waals surface area contributed by atoms with E-state index in [1.54, 1.807) is 12.1 Å². The number of hydrogen-bond donors (Lipinski definition) is 1. The van der Waals surface area contributed by atoms with Crippen molar-refractivity contribution < 1.29 is 9.53 Å². The molecule has 0 saturated heterocycles. The Bertz CT molecular complexity index is 846. The lowest BCUT2D eigenvalue weighted by Crippen LogP contribution is -2.07. The van der Waals surface area contributed by atoms with Crippen LogP contribution < -0.4 is 5.32 Å².